The number of rotatable bonds is 10. The lowest BCUT2D eigenvalue weighted by atomic mass is 10.1. The van der Waals surface area contributed by atoms with Gasteiger partial charge in [-0.2, -0.15) is 4.52 Å². The second-order valence-electron chi connectivity index (χ2n) is 8.13. The lowest BCUT2D eigenvalue weighted by Crippen LogP contribution is -2.38. The molecule has 1 amide bonds. The summed E-state index contributed by atoms with van der Waals surface area (Å²) in [5.41, 5.74) is 3.35. The van der Waals surface area contributed by atoms with Gasteiger partial charge in [0.25, 0.3) is 5.91 Å². The van der Waals surface area contributed by atoms with Crippen molar-refractivity contribution in [3.63, 3.8) is 0 Å². The van der Waals surface area contributed by atoms with Crippen molar-refractivity contribution in [3.8, 4) is 34.5 Å². The fourth-order valence-electron chi connectivity index (χ4n) is 3.58. The van der Waals surface area contributed by atoms with E-state index in [1.165, 1.54) is 0 Å². The number of aromatic nitrogens is 4. The largest absolute Gasteiger partial charge is 0.497 e. The summed E-state index contributed by atoms with van der Waals surface area (Å²) >= 11 is 0. The highest BCUT2D eigenvalue weighted by atomic mass is 16.5. The summed E-state index contributed by atoms with van der Waals surface area (Å²) in [6.45, 7) is 6.20. The maximum atomic E-state index is 12.5. The highest BCUT2D eigenvalue weighted by molar-refractivity contribution is 5.80. The topological polar surface area (TPSA) is 109 Å². The number of carbonyl (C=O) groups excluding carboxylic acids is 1. The Balaban J connectivity index is 1.38. The van der Waals surface area contributed by atoms with Crippen LogP contribution >= 0.6 is 0 Å². The Morgan fingerprint density at radius 3 is 2.64 bits per heavy atom. The van der Waals surface area contributed by atoms with Gasteiger partial charge in [0.2, 0.25) is 5.88 Å². The van der Waals surface area contributed by atoms with Gasteiger partial charge in [-0.15, -0.1) is 15.3 Å². The molecule has 0 aliphatic heterocycles. The van der Waals surface area contributed by atoms with Crippen LogP contribution in [-0.4, -0.2) is 59.2 Å². The standard InChI is InChI=1S/C26H29N5O5/c1-16-7-6-8-21(17(16)2)36-18(3)26(32)27-13-14-35-24-12-11-23-28-29-25(31(23)30-24)20-15-19(33-4)9-10-22(20)34-5/h6-12,15,18H,13-14H2,1-5H3,(H,27,32). The number of nitrogens with zero attached hydrogens (tertiary/aromatic N) is 4. The van der Waals surface area contributed by atoms with Crippen LogP contribution in [0.5, 0.6) is 23.1 Å². The molecule has 0 fully saturated rings. The third-order valence-corrected chi connectivity index (χ3v) is 5.77. The van der Waals surface area contributed by atoms with Gasteiger partial charge in [0.15, 0.2) is 17.6 Å². The third kappa shape index (κ3) is 5.32. The Labute approximate surface area is 209 Å². The Morgan fingerprint density at radius 1 is 1.03 bits per heavy atom. The molecule has 10 heteroatoms. The predicted octanol–water partition coefficient (Wildman–Crippen LogP) is 3.39. The molecule has 188 valence electrons. The van der Waals surface area contributed by atoms with E-state index in [0.717, 1.165) is 11.1 Å². The van der Waals surface area contributed by atoms with Gasteiger partial charge in [-0.05, 0) is 62.2 Å². The maximum Gasteiger partial charge on any atom is 0.260 e. The van der Waals surface area contributed by atoms with Gasteiger partial charge < -0.3 is 24.3 Å². The van der Waals surface area contributed by atoms with E-state index >= 15 is 0 Å². The van der Waals surface area contributed by atoms with Crippen LogP contribution in [0, 0.1) is 13.8 Å². The van der Waals surface area contributed by atoms with Gasteiger partial charge in [0.1, 0.15) is 23.9 Å². The number of ether oxygens (including phenoxy) is 4. The molecule has 4 aromatic rings. The average molecular weight is 492 g/mol. The van der Waals surface area contributed by atoms with Crippen LogP contribution < -0.4 is 24.3 Å². The van der Waals surface area contributed by atoms with Gasteiger partial charge in [0, 0.05) is 6.07 Å². The van der Waals surface area contributed by atoms with Crippen LogP contribution in [-0.2, 0) is 4.79 Å². The van der Waals surface area contributed by atoms with E-state index in [9.17, 15) is 4.79 Å². The minimum Gasteiger partial charge on any atom is -0.497 e. The Morgan fingerprint density at radius 2 is 1.86 bits per heavy atom. The average Bonchev–Trinajstić information content (AvgIpc) is 3.31. The van der Waals surface area contributed by atoms with Crippen LogP contribution in [0.25, 0.3) is 17.0 Å². The van der Waals surface area contributed by atoms with E-state index in [0.29, 0.717) is 40.2 Å². The molecule has 1 N–H and O–H groups in total. The molecule has 0 aliphatic rings. The molecule has 10 nitrogen and oxygen atoms in total. The van der Waals surface area contributed by atoms with E-state index < -0.39 is 6.10 Å². The highest BCUT2D eigenvalue weighted by Crippen LogP contribution is 2.32. The van der Waals surface area contributed by atoms with Crippen LogP contribution in [0.4, 0.5) is 0 Å². The lowest BCUT2D eigenvalue weighted by molar-refractivity contribution is -0.127. The van der Waals surface area contributed by atoms with Gasteiger partial charge in [-0.3, -0.25) is 4.79 Å². The van der Waals surface area contributed by atoms with Crippen molar-refractivity contribution < 1.29 is 23.7 Å². The quantitative estimate of drug-likeness (QED) is 0.336. The normalized spacial score (nSPS) is 11.7. The second-order valence-corrected chi connectivity index (χ2v) is 8.13. The number of carbonyl (C=O) groups is 1. The SMILES string of the molecule is COc1ccc(OC)c(-c2nnc3ccc(OCCNC(=O)C(C)Oc4cccc(C)c4C)nn23)c1. The van der Waals surface area contributed by atoms with Crippen molar-refractivity contribution in [2.24, 2.45) is 0 Å². The zero-order valence-corrected chi connectivity index (χ0v) is 20.9. The molecule has 36 heavy (non-hydrogen) atoms. The van der Waals surface area contributed by atoms with Crippen molar-refractivity contribution >= 4 is 11.6 Å². The number of hydrogen-bond acceptors (Lipinski definition) is 8. The molecule has 0 saturated carbocycles. The van der Waals surface area contributed by atoms with E-state index in [1.807, 2.05) is 38.1 Å². The molecule has 4 rings (SSSR count). The van der Waals surface area contributed by atoms with Gasteiger partial charge in [-0.25, -0.2) is 0 Å². The summed E-state index contributed by atoms with van der Waals surface area (Å²) < 4.78 is 24.0. The summed E-state index contributed by atoms with van der Waals surface area (Å²) in [7, 11) is 3.17. The number of nitrogens with one attached hydrogen (secondary N) is 1. The molecule has 0 spiro atoms. The second kappa shape index (κ2) is 10.9. The molecular weight excluding hydrogens is 462 g/mol. The molecule has 2 aromatic heterocycles. The van der Waals surface area contributed by atoms with Crippen LogP contribution in [0.2, 0.25) is 0 Å². The number of amides is 1. The fourth-order valence-corrected chi connectivity index (χ4v) is 3.58. The molecule has 0 radical (unpaired) electrons. The smallest absolute Gasteiger partial charge is 0.260 e. The van der Waals surface area contributed by atoms with Gasteiger partial charge >= 0.3 is 0 Å². The maximum absolute atomic E-state index is 12.5. The summed E-state index contributed by atoms with van der Waals surface area (Å²) in [6.07, 6.45) is -0.641. The minimum absolute atomic E-state index is 0.223. The monoisotopic (exact) mass is 491 g/mol. The zero-order chi connectivity index (χ0) is 25.7. The number of aryl methyl sites for hydroxylation is 1. The fraction of sp³-hybridized carbons (Fsp3) is 0.308. The van der Waals surface area contributed by atoms with Crippen molar-refractivity contribution in [2.45, 2.75) is 26.9 Å². The van der Waals surface area contributed by atoms with Crippen LogP contribution in [0.15, 0.2) is 48.5 Å². The first-order valence-electron chi connectivity index (χ1n) is 11.5. The van der Waals surface area contributed by atoms with Crippen molar-refractivity contribution in [1.82, 2.24) is 25.1 Å². The molecule has 2 aromatic carbocycles. The molecule has 2 heterocycles. The third-order valence-electron chi connectivity index (χ3n) is 5.77. The Bertz CT molecular complexity index is 1370. The van der Waals surface area contributed by atoms with Crippen LogP contribution in [0.3, 0.4) is 0 Å². The summed E-state index contributed by atoms with van der Waals surface area (Å²) in [5.74, 6) is 2.58. The first kappa shape index (κ1) is 24.8. The number of benzene rings is 2. The van der Waals surface area contributed by atoms with E-state index in [-0.39, 0.29) is 19.1 Å². The molecule has 1 unspecified atom stereocenters. The number of methoxy groups -OCH3 is 2. The summed E-state index contributed by atoms with van der Waals surface area (Å²) in [5, 5.41) is 15.8. The Kier molecular flexibility index (Phi) is 7.53. The van der Waals surface area contributed by atoms with E-state index in [2.05, 4.69) is 20.6 Å². The molecule has 1 atom stereocenters. The van der Waals surface area contributed by atoms with E-state index in [4.69, 9.17) is 18.9 Å². The highest BCUT2D eigenvalue weighted by Gasteiger charge is 2.17. The van der Waals surface area contributed by atoms with Crippen molar-refractivity contribution in [2.75, 3.05) is 27.4 Å². The minimum atomic E-state index is -0.641. The molecule has 0 bridgehead atoms. The van der Waals surface area contributed by atoms with Gasteiger partial charge in [0.05, 0.1) is 26.3 Å². The van der Waals surface area contributed by atoms with Crippen LogP contribution in [0.1, 0.15) is 18.1 Å². The molecule has 0 aliphatic carbocycles. The first-order chi connectivity index (χ1) is 17.4. The molecular formula is C26H29N5O5. The first-order valence-corrected chi connectivity index (χ1v) is 11.5. The number of hydrogen-bond donors (Lipinski definition) is 1. The van der Waals surface area contributed by atoms with Crippen molar-refractivity contribution in [1.29, 1.82) is 0 Å². The molecule has 0 saturated heterocycles. The zero-order valence-electron chi connectivity index (χ0n) is 20.9. The summed E-state index contributed by atoms with van der Waals surface area (Å²) in [6, 6.07) is 14.6. The predicted molar refractivity (Wildman–Crippen MR) is 134 cm³/mol. The van der Waals surface area contributed by atoms with Gasteiger partial charge in [-0.1, -0.05) is 12.1 Å². The number of fused-ring (bicyclic) bond motifs is 1. The Hall–Kier alpha value is -4.34. The van der Waals surface area contributed by atoms with Crippen molar-refractivity contribution in [3.05, 3.63) is 59.7 Å². The lowest BCUT2D eigenvalue weighted by Gasteiger charge is -2.17. The summed E-state index contributed by atoms with van der Waals surface area (Å²) in [4.78, 5) is 12.5. The van der Waals surface area contributed by atoms with E-state index in [1.54, 1.807) is 49.9 Å².